The topological polar surface area (TPSA) is 92.7 Å². The number of aliphatic carboxylic acids is 1. The summed E-state index contributed by atoms with van der Waals surface area (Å²) in [6.45, 7) is 3.80. The fourth-order valence-corrected chi connectivity index (χ4v) is 4.58. The summed E-state index contributed by atoms with van der Waals surface area (Å²) in [6.07, 6.45) is 4.52. The lowest BCUT2D eigenvalue weighted by molar-refractivity contribution is -0.146. The van der Waals surface area contributed by atoms with E-state index in [0.717, 1.165) is 4.88 Å². The summed E-state index contributed by atoms with van der Waals surface area (Å²) in [5.41, 5.74) is 0.318. The Morgan fingerprint density at radius 3 is 2.58 bits per heavy atom. The van der Waals surface area contributed by atoms with Gasteiger partial charge in [-0.05, 0) is 38.2 Å². The first-order valence-corrected chi connectivity index (χ1v) is 8.73. The van der Waals surface area contributed by atoms with Gasteiger partial charge >= 0.3 is 11.9 Å². The second-order valence-electron chi connectivity index (χ2n) is 6.15. The summed E-state index contributed by atoms with van der Waals surface area (Å²) in [6, 6.07) is 1.67. The third kappa shape index (κ3) is 2.84. The Hall–Kier alpha value is -2.15. The van der Waals surface area contributed by atoms with Gasteiger partial charge in [-0.3, -0.25) is 9.59 Å². The number of allylic oxidation sites excluding steroid dienone is 2. The molecule has 0 unspecified atom stereocenters. The predicted octanol–water partition coefficient (Wildman–Crippen LogP) is 2.69. The number of amides is 1. The van der Waals surface area contributed by atoms with Crippen LogP contribution in [0, 0.1) is 30.6 Å². The van der Waals surface area contributed by atoms with Crippen LogP contribution in [0.2, 0.25) is 0 Å². The molecule has 1 aromatic heterocycles. The lowest BCUT2D eigenvalue weighted by Gasteiger charge is -2.23. The van der Waals surface area contributed by atoms with Crippen LogP contribution >= 0.6 is 11.3 Å². The molecule has 2 aliphatic rings. The van der Waals surface area contributed by atoms with Gasteiger partial charge in [0.2, 0.25) is 5.91 Å². The van der Waals surface area contributed by atoms with Crippen molar-refractivity contribution in [2.24, 2.45) is 23.7 Å². The molecular weight excluding hydrogens is 330 g/mol. The van der Waals surface area contributed by atoms with Gasteiger partial charge in [-0.15, -0.1) is 11.3 Å². The number of hydrogen-bond donors (Lipinski definition) is 2. The molecule has 128 valence electrons. The van der Waals surface area contributed by atoms with Gasteiger partial charge in [-0.1, -0.05) is 12.2 Å². The molecule has 1 amide bonds. The summed E-state index contributed by atoms with van der Waals surface area (Å²) in [7, 11) is 0. The number of fused-ring (bicyclic) bond motifs is 2. The number of hydrogen-bond acceptors (Lipinski definition) is 5. The maximum atomic E-state index is 12.7. The number of rotatable bonds is 5. The number of thiophene rings is 1. The molecule has 0 aromatic carbocycles. The molecule has 3 rings (SSSR count). The van der Waals surface area contributed by atoms with Crippen molar-refractivity contribution in [2.75, 3.05) is 11.9 Å². The third-order valence-electron chi connectivity index (χ3n) is 4.63. The van der Waals surface area contributed by atoms with Gasteiger partial charge in [0.15, 0.2) is 0 Å². The average Bonchev–Trinajstić information content (AvgIpc) is 3.20. The van der Waals surface area contributed by atoms with Crippen molar-refractivity contribution in [2.45, 2.75) is 20.3 Å². The Bertz CT molecular complexity index is 723. The van der Waals surface area contributed by atoms with Gasteiger partial charge in [0.1, 0.15) is 5.00 Å². The SMILES string of the molecule is CCOC(=O)c1cc(C)sc1NC(=O)[C@H]1[C@@H](C(=O)O)[C@@H]2C=C[C@@H]1C2. The van der Waals surface area contributed by atoms with E-state index in [-0.39, 0.29) is 24.3 Å². The molecule has 4 atom stereocenters. The minimum Gasteiger partial charge on any atom is -0.481 e. The standard InChI is InChI=1S/C17H19NO5S/c1-3-23-17(22)11-6-8(2)24-15(11)18-14(19)12-9-4-5-10(7-9)13(12)16(20)21/h4-6,9-10,12-13H,3,7H2,1-2H3,(H,18,19)(H,20,21)/t9-,10-,12-,13+/m1/s1. The average molecular weight is 349 g/mol. The number of carboxylic acids is 1. The lowest BCUT2D eigenvalue weighted by Crippen LogP contribution is -2.36. The summed E-state index contributed by atoms with van der Waals surface area (Å²) in [4.78, 5) is 37.1. The molecule has 1 saturated carbocycles. The second-order valence-corrected chi connectivity index (χ2v) is 7.40. The van der Waals surface area contributed by atoms with Crippen molar-refractivity contribution >= 4 is 34.2 Å². The number of ether oxygens (including phenoxy) is 1. The first-order chi connectivity index (χ1) is 11.4. The van der Waals surface area contributed by atoms with Crippen LogP contribution in [0.1, 0.15) is 28.6 Å². The quantitative estimate of drug-likeness (QED) is 0.630. The monoisotopic (exact) mass is 349 g/mol. The van der Waals surface area contributed by atoms with Crippen molar-refractivity contribution in [1.29, 1.82) is 0 Å². The summed E-state index contributed by atoms with van der Waals surface area (Å²) < 4.78 is 5.01. The van der Waals surface area contributed by atoms with E-state index in [2.05, 4.69) is 5.32 Å². The first-order valence-electron chi connectivity index (χ1n) is 7.92. The maximum absolute atomic E-state index is 12.7. The lowest BCUT2D eigenvalue weighted by atomic mass is 9.82. The second kappa shape index (κ2) is 6.39. The van der Waals surface area contributed by atoms with Crippen molar-refractivity contribution in [3.8, 4) is 0 Å². The van der Waals surface area contributed by atoms with E-state index in [1.165, 1.54) is 11.3 Å². The summed E-state index contributed by atoms with van der Waals surface area (Å²) in [5.74, 6) is -3.21. The molecule has 7 heteroatoms. The zero-order valence-electron chi connectivity index (χ0n) is 13.4. The molecule has 0 aliphatic heterocycles. The zero-order chi connectivity index (χ0) is 17.4. The van der Waals surface area contributed by atoms with Gasteiger partial charge in [0, 0.05) is 4.88 Å². The molecule has 1 heterocycles. The number of anilines is 1. The molecule has 0 saturated heterocycles. The van der Waals surface area contributed by atoms with Crippen LogP contribution < -0.4 is 5.32 Å². The molecule has 1 fully saturated rings. The van der Waals surface area contributed by atoms with Gasteiger partial charge in [0.05, 0.1) is 24.0 Å². The van der Waals surface area contributed by atoms with E-state index < -0.39 is 23.8 Å². The van der Waals surface area contributed by atoms with E-state index in [1.54, 1.807) is 13.0 Å². The van der Waals surface area contributed by atoms with Crippen LogP contribution in [0.3, 0.4) is 0 Å². The summed E-state index contributed by atoms with van der Waals surface area (Å²) >= 11 is 1.29. The van der Waals surface area contributed by atoms with Crippen LogP contribution in [-0.4, -0.2) is 29.6 Å². The maximum Gasteiger partial charge on any atom is 0.341 e. The van der Waals surface area contributed by atoms with E-state index in [4.69, 9.17) is 4.74 Å². The van der Waals surface area contributed by atoms with Crippen molar-refractivity contribution in [1.82, 2.24) is 0 Å². The fourth-order valence-electron chi connectivity index (χ4n) is 3.68. The van der Waals surface area contributed by atoms with Gasteiger partial charge in [0.25, 0.3) is 0 Å². The Balaban J connectivity index is 1.82. The highest BCUT2D eigenvalue weighted by atomic mass is 32.1. The predicted molar refractivity (Wildman–Crippen MR) is 89.0 cm³/mol. The van der Waals surface area contributed by atoms with E-state index in [1.807, 2.05) is 19.1 Å². The van der Waals surface area contributed by atoms with Gasteiger partial charge in [-0.25, -0.2) is 4.79 Å². The molecular formula is C17H19NO5S. The Morgan fingerprint density at radius 1 is 1.29 bits per heavy atom. The van der Waals surface area contributed by atoms with Crippen LogP contribution in [0.15, 0.2) is 18.2 Å². The Labute approximate surface area is 143 Å². The Kier molecular flexibility index (Phi) is 4.45. The van der Waals surface area contributed by atoms with Crippen LogP contribution in [0.25, 0.3) is 0 Å². The number of carboxylic acid groups (broad SMARTS) is 1. The molecule has 1 aromatic rings. The summed E-state index contributed by atoms with van der Waals surface area (Å²) in [5, 5.41) is 12.6. The van der Waals surface area contributed by atoms with Gasteiger partial charge in [-0.2, -0.15) is 0 Å². The van der Waals surface area contributed by atoms with Gasteiger partial charge < -0.3 is 15.2 Å². The molecule has 2 bridgehead atoms. The minimum atomic E-state index is -0.944. The molecule has 2 aliphatic carbocycles. The number of nitrogens with one attached hydrogen (secondary N) is 1. The fraction of sp³-hybridized carbons (Fsp3) is 0.471. The zero-order valence-corrected chi connectivity index (χ0v) is 14.3. The third-order valence-corrected chi connectivity index (χ3v) is 5.60. The number of aryl methyl sites for hydroxylation is 1. The number of carbonyl (C=O) groups excluding carboxylic acids is 2. The highest BCUT2D eigenvalue weighted by molar-refractivity contribution is 7.16. The molecule has 6 nitrogen and oxygen atoms in total. The largest absolute Gasteiger partial charge is 0.481 e. The molecule has 0 spiro atoms. The molecule has 0 radical (unpaired) electrons. The number of esters is 1. The smallest absolute Gasteiger partial charge is 0.341 e. The highest BCUT2D eigenvalue weighted by Crippen LogP contribution is 2.48. The van der Waals surface area contributed by atoms with Crippen molar-refractivity contribution in [3.05, 3.63) is 28.7 Å². The van der Waals surface area contributed by atoms with Crippen LogP contribution in [-0.2, 0) is 14.3 Å². The van der Waals surface area contributed by atoms with Crippen LogP contribution in [0.5, 0.6) is 0 Å². The normalized spacial score (nSPS) is 27.2. The number of carbonyl (C=O) groups is 3. The van der Waals surface area contributed by atoms with E-state index in [9.17, 15) is 19.5 Å². The van der Waals surface area contributed by atoms with Crippen molar-refractivity contribution < 1.29 is 24.2 Å². The van der Waals surface area contributed by atoms with E-state index >= 15 is 0 Å². The van der Waals surface area contributed by atoms with Crippen molar-refractivity contribution in [3.63, 3.8) is 0 Å². The minimum absolute atomic E-state index is 0.0526. The molecule has 2 N–H and O–H groups in total. The highest BCUT2D eigenvalue weighted by Gasteiger charge is 2.51. The first kappa shape index (κ1) is 16.7. The van der Waals surface area contributed by atoms with Crippen LogP contribution in [0.4, 0.5) is 5.00 Å². The van der Waals surface area contributed by atoms with E-state index in [0.29, 0.717) is 17.0 Å². The molecule has 24 heavy (non-hydrogen) atoms. The Morgan fingerprint density at radius 2 is 1.96 bits per heavy atom.